The normalized spacial score (nSPS) is 13.1. The Morgan fingerprint density at radius 2 is 1.94 bits per heavy atom. The van der Waals surface area contributed by atoms with Gasteiger partial charge in [0, 0.05) is 19.5 Å². The highest BCUT2D eigenvalue weighted by Gasteiger charge is 2.39. The van der Waals surface area contributed by atoms with Crippen molar-refractivity contribution in [1.82, 2.24) is 10.4 Å². The third-order valence-electron chi connectivity index (χ3n) is 2.05. The minimum Gasteiger partial charge on any atom is -0.346 e. The first-order chi connectivity index (χ1) is 7.68. The summed E-state index contributed by atoms with van der Waals surface area (Å²) in [5.74, 6) is -2.38. The molecule has 1 atom stereocenters. The Balaban J connectivity index is 4.00. The van der Waals surface area contributed by atoms with Crippen LogP contribution >= 0.6 is 0 Å². The van der Waals surface area contributed by atoms with Crippen LogP contribution in [0.3, 0.4) is 0 Å². The molecule has 2 amide bonds. The van der Waals surface area contributed by atoms with Gasteiger partial charge in [-0.15, -0.1) is 0 Å². The van der Waals surface area contributed by atoms with E-state index in [9.17, 15) is 22.8 Å². The van der Waals surface area contributed by atoms with Gasteiger partial charge in [0.15, 0.2) is 0 Å². The summed E-state index contributed by atoms with van der Waals surface area (Å²) in [6.07, 6.45) is -4.81. The molecule has 0 aromatic rings. The highest BCUT2D eigenvalue weighted by atomic mass is 19.4. The molecular weight excluding hydrogens is 241 g/mol. The van der Waals surface area contributed by atoms with Crippen LogP contribution in [0.25, 0.3) is 0 Å². The van der Waals surface area contributed by atoms with E-state index in [1.807, 2.05) is 0 Å². The second-order valence-corrected chi connectivity index (χ2v) is 3.48. The van der Waals surface area contributed by atoms with Gasteiger partial charge >= 0.3 is 12.1 Å². The fourth-order valence-electron chi connectivity index (χ4n) is 0.977. The Kier molecular flexibility index (Phi) is 5.94. The molecule has 0 aromatic heterocycles. The minimum absolute atomic E-state index is 0.0103. The maximum absolute atomic E-state index is 11.9. The van der Waals surface area contributed by atoms with Crippen molar-refractivity contribution in [2.45, 2.75) is 32.0 Å². The van der Waals surface area contributed by atoms with E-state index < -0.39 is 18.1 Å². The molecule has 100 valence electrons. The number of alkyl halides is 3. The lowest BCUT2D eigenvalue weighted by atomic mass is 10.1. The van der Waals surface area contributed by atoms with Gasteiger partial charge in [0.2, 0.25) is 5.91 Å². The SMILES string of the molecule is CON(C)C(=O)CC[C@@H](C)NC(=O)C(F)(F)F. The molecule has 0 aliphatic carbocycles. The summed E-state index contributed by atoms with van der Waals surface area (Å²) in [5.41, 5.74) is 0. The Morgan fingerprint density at radius 1 is 1.41 bits per heavy atom. The lowest BCUT2D eigenvalue weighted by Crippen LogP contribution is -2.42. The molecule has 0 heterocycles. The number of halogens is 3. The van der Waals surface area contributed by atoms with Crippen molar-refractivity contribution in [2.75, 3.05) is 14.2 Å². The molecule has 0 saturated carbocycles. The maximum Gasteiger partial charge on any atom is 0.471 e. The monoisotopic (exact) mass is 256 g/mol. The highest BCUT2D eigenvalue weighted by Crippen LogP contribution is 2.15. The molecule has 0 bridgehead atoms. The summed E-state index contributed by atoms with van der Waals surface area (Å²) in [5, 5.41) is 2.73. The molecule has 0 rings (SSSR count). The zero-order valence-corrected chi connectivity index (χ0v) is 9.80. The number of hydrogen-bond acceptors (Lipinski definition) is 3. The number of nitrogens with zero attached hydrogens (tertiary/aromatic N) is 1. The second kappa shape index (κ2) is 6.43. The molecule has 0 spiro atoms. The van der Waals surface area contributed by atoms with Crippen LogP contribution in [-0.2, 0) is 14.4 Å². The van der Waals surface area contributed by atoms with Crippen molar-refractivity contribution in [3.05, 3.63) is 0 Å². The molecule has 0 fully saturated rings. The topological polar surface area (TPSA) is 58.6 Å². The summed E-state index contributed by atoms with van der Waals surface area (Å²) in [4.78, 5) is 26.4. The molecule has 17 heavy (non-hydrogen) atoms. The van der Waals surface area contributed by atoms with Crippen molar-refractivity contribution in [3.63, 3.8) is 0 Å². The summed E-state index contributed by atoms with van der Waals surface area (Å²) in [6, 6.07) is -0.738. The van der Waals surface area contributed by atoms with Crippen molar-refractivity contribution < 1.29 is 27.6 Å². The van der Waals surface area contributed by atoms with Crippen LogP contribution in [-0.4, -0.2) is 43.3 Å². The number of rotatable bonds is 5. The van der Waals surface area contributed by atoms with Crippen LogP contribution in [0.5, 0.6) is 0 Å². The predicted octanol–water partition coefficient (Wildman–Crippen LogP) is 0.853. The van der Waals surface area contributed by atoms with Gasteiger partial charge in [-0.2, -0.15) is 13.2 Å². The van der Waals surface area contributed by atoms with Gasteiger partial charge in [-0.25, -0.2) is 5.06 Å². The van der Waals surface area contributed by atoms with Gasteiger partial charge in [-0.3, -0.25) is 14.4 Å². The van der Waals surface area contributed by atoms with Crippen molar-refractivity contribution in [2.24, 2.45) is 0 Å². The fourth-order valence-corrected chi connectivity index (χ4v) is 0.977. The van der Waals surface area contributed by atoms with E-state index >= 15 is 0 Å². The molecule has 0 unspecified atom stereocenters. The molecule has 5 nitrogen and oxygen atoms in total. The largest absolute Gasteiger partial charge is 0.471 e. The van der Waals surface area contributed by atoms with Gasteiger partial charge in [-0.05, 0) is 13.3 Å². The zero-order valence-electron chi connectivity index (χ0n) is 9.80. The number of hydrogen-bond donors (Lipinski definition) is 1. The molecule has 0 aromatic carbocycles. The van der Waals surface area contributed by atoms with Crippen molar-refractivity contribution in [3.8, 4) is 0 Å². The summed E-state index contributed by atoms with van der Waals surface area (Å²) in [6.45, 7) is 1.39. The number of amides is 2. The predicted molar refractivity (Wildman–Crippen MR) is 52.7 cm³/mol. The molecule has 8 heteroatoms. The molecule has 1 N–H and O–H groups in total. The maximum atomic E-state index is 11.9. The lowest BCUT2D eigenvalue weighted by Gasteiger charge is -2.17. The van der Waals surface area contributed by atoms with Crippen molar-refractivity contribution in [1.29, 1.82) is 0 Å². The van der Waals surface area contributed by atoms with Gasteiger partial charge < -0.3 is 5.32 Å². The third kappa shape index (κ3) is 6.10. The third-order valence-corrected chi connectivity index (χ3v) is 2.05. The first-order valence-electron chi connectivity index (χ1n) is 4.86. The summed E-state index contributed by atoms with van der Waals surface area (Å²) in [7, 11) is 2.69. The quantitative estimate of drug-likeness (QED) is 0.742. The van der Waals surface area contributed by atoms with E-state index in [4.69, 9.17) is 0 Å². The molecule has 0 radical (unpaired) electrons. The van der Waals surface area contributed by atoms with E-state index in [2.05, 4.69) is 4.84 Å². The van der Waals surface area contributed by atoms with Crippen molar-refractivity contribution >= 4 is 11.8 Å². The van der Waals surface area contributed by atoms with Gasteiger partial charge in [0.1, 0.15) is 0 Å². The molecule has 0 aliphatic heterocycles. The number of carbonyl (C=O) groups is 2. The van der Waals surface area contributed by atoms with Crippen LogP contribution in [0.15, 0.2) is 0 Å². The highest BCUT2D eigenvalue weighted by molar-refractivity contribution is 5.82. The number of carbonyl (C=O) groups excluding carboxylic acids is 2. The van der Waals surface area contributed by atoms with Gasteiger partial charge in [0.25, 0.3) is 0 Å². The first kappa shape index (κ1) is 15.7. The standard InChI is InChI=1S/C9H15F3N2O3/c1-6(13-8(16)9(10,11)12)4-5-7(15)14(2)17-3/h6H,4-5H2,1-3H3,(H,13,16)/t6-/m1/s1. The van der Waals surface area contributed by atoms with Gasteiger partial charge in [-0.1, -0.05) is 0 Å². The van der Waals surface area contributed by atoms with Crippen LogP contribution in [0.2, 0.25) is 0 Å². The van der Waals surface area contributed by atoms with E-state index in [0.29, 0.717) is 0 Å². The molecular formula is C9H15F3N2O3. The molecule has 0 saturated heterocycles. The average molecular weight is 256 g/mol. The van der Waals surface area contributed by atoms with Crippen LogP contribution < -0.4 is 5.32 Å². The van der Waals surface area contributed by atoms with E-state index in [0.717, 1.165) is 5.06 Å². The molecule has 0 aliphatic rings. The summed E-state index contributed by atoms with van der Waals surface area (Å²) < 4.78 is 35.7. The Bertz CT molecular complexity index is 281. The Hall–Kier alpha value is -1.31. The van der Waals surface area contributed by atoms with Crippen LogP contribution in [0.4, 0.5) is 13.2 Å². The Labute approximate surface area is 96.9 Å². The van der Waals surface area contributed by atoms with E-state index in [1.165, 1.54) is 21.1 Å². The number of hydroxylamine groups is 2. The minimum atomic E-state index is -4.90. The zero-order chi connectivity index (χ0) is 13.6. The van der Waals surface area contributed by atoms with Crippen LogP contribution in [0.1, 0.15) is 19.8 Å². The first-order valence-corrected chi connectivity index (χ1v) is 4.86. The second-order valence-electron chi connectivity index (χ2n) is 3.48. The smallest absolute Gasteiger partial charge is 0.346 e. The lowest BCUT2D eigenvalue weighted by molar-refractivity contribution is -0.174. The Morgan fingerprint density at radius 3 is 2.35 bits per heavy atom. The summed E-state index contributed by atoms with van der Waals surface area (Å²) >= 11 is 0. The van der Waals surface area contributed by atoms with E-state index in [-0.39, 0.29) is 18.7 Å². The van der Waals surface area contributed by atoms with Gasteiger partial charge in [0.05, 0.1) is 7.11 Å². The average Bonchev–Trinajstić information content (AvgIpc) is 2.23. The fraction of sp³-hybridized carbons (Fsp3) is 0.778. The number of nitrogens with one attached hydrogen (secondary N) is 1. The van der Waals surface area contributed by atoms with E-state index in [1.54, 1.807) is 5.32 Å². The van der Waals surface area contributed by atoms with Crippen LogP contribution in [0, 0.1) is 0 Å².